The first-order valence-electron chi connectivity index (χ1n) is 7.98. The second kappa shape index (κ2) is 6.94. The quantitative estimate of drug-likeness (QED) is 0.556. The number of hydrogen-bond acceptors (Lipinski definition) is 4. The molecule has 2 atom stereocenters. The summed E-state index contributed by atoms with van der Waals surface area (Å²) in [6, 6.07) is 3.27. The third kappa shape index (κ3) is 4.14. The summed E-state index contributed by atoms with van der Waals surface area (Å²) < 4.78 is 26.9. The Morgan fingerprint density at radius 2 is 1.72 bits per heavy atom. The van der Waals surface area contributed by atoms with Gasteiger partial charge in [0.05, 0.1) is 4.92 Å². The van der Waals surface area contributed by atoms with Crippen LogP contribution in [0, 0.1) is 21.3 Å². The number of carbonyl (C=O) groups excluding carboxylic acids is 1. The van der Waals surface area contributed by atoms with E-state index in [1.807, 2.05) is 0 Å². The fraction of sp³-hybridized carbons (Fsp3) is 0.611. The fourth-order valence-electron chi connectivity index (χ4n) is 2.51. The minimum absolute atomic E-state index is 0.0150. The lowest BCUT2D eigenvalue weighted by Gasteiger charge is -2.44. The van der Waals surface area contributed by atoms with Crippen LogP contribution in [0.1, 0.15) is 54.0 Å². The van der Waals surface area contributed by atoms with Crippen LogP contribution in [0.5, 0.6) is 0 Å². The summed E-state index contributed by atoms with van der Waals surface area (Å²) >= 11 is 0. The van der Waals surface area contributed by atoms with Gasteiger partial charge in [-0.2, -0.15) is 0 Å². The highest BCUT2D eigenvalue weighted by atomic mass is 32.2. The van der Waals surface area contributed by atoms with Gasteiger partial charge in [0.2, 0.25) is 0 Å². The number of hydrogen-bond donors (Lipinski definition) is 0. The lowest BCUT2D eigenvalue weighted by atomic mass is 9.62. The second-order valence-electron chi connectivity index (χ2n) is 8.04. The molecule has 140 valence electrons. The monoisotopic (exact) mass is 371 g/mol. The van der Waals surface area contributed by atoms with Crippen molar-refractivity contribution in [2.75, 3.05) is 5.75 Å². The lowest BCUT2D eigenvalue weighted by Crippen LogP contribution is -2.50. The predicted octanol–water partition coefficient (Wildman–Crippen LogP) is 4.15. The van der Waals surface area contributed by atoms with E-state index in [4.69, 9.17) is 0 Å². The fourth-order valence-corrected chi connectivity index (χ4v) is 3.99. The highest BCUT2D eigenvalue weighted by Gasteiger charge is 2.49. The number of nitrogens with zero attached hydrogens (tertiary/aromatic N) is 1. The molecule has 0 amide bonds. The van der Waals surface area contributed by atoms with Gasteiger partial charge in [0.15, 0.2) is 0 Å². The van der Waals surface area contributed by atoms with Crippen molar-refractivity contribution in [3.05, 3.63) is 39.7 Å². The molecule has 25 heavy (non-hydrogen) atoms. The smallest absolute Gasteiger partial charge is 0.269 e. The van der Waals surface area contributed by atoms with E-state index in [9.17, 15) is 23.5 Å². The molecule has 1 aromatic rings. The number of nitro groups is 1. The van der Waals surface area contributed by atoms with E-state index in [0.29, 0.717) is 0 Å². The van der Waals surface area contributed by atoms with Crippen molar-refractivity contribution in [3.8, 4) is 0 Å². The SMILES string of the molecule is CC(=O)C(C)(C)[C@](C)(C[S@](=O)C(C)(C)C)c1cc([N+](=O)[O-])ccc1F. The Labute approximate surface area is 150 Å². The highest BCUT2D eigenvalue weighted by Crippen LogP contribution is 2.45. The molecule has 0 aromatic heterocycles. The van der Waals surface area contributed by atoms with Crippen molar-refractivity contribution in [1.82, 2.24) is 0 Å². The van der Waals surface area contributed by atoms with Gasteiger partial charge < -0.3 is 0 Å². The Morgan fingerprint density at radius 3 is 2.12 bits per heavy atom. The van der Waals surface area contributed by atoms with Crippen molar-refractivity contribution in [2.24, 2.45) is 5.41 Å². The maximum Gasteiger partial charge on any atom is 0.269 e. The van der Waals surface area contributed by atoms with E-state index in [-0.39, 0.29) is 22.8 Å². The van der Waals surface area contributed by atoms with Crippen LogP contribution < -0.4 is 0 Å². The molecular weight excluding hydrogens is 345 g/mol. The maximum atomic E-state index is 14.6. The zero-order chi connectivity index (χ0) is 19.8. The molecule has 0 saturated carbocycles. The van der Waals surface area contributed by atoms with E-state index in [0.717, 1.165) is 18.2 Å². The molecular formula is C18H26FNO4S. The molecule has 0 aliphatic heterocycles. The molecule has 0 bridgehead atoms. The van der Waals surface area contributed by atoms with Crippen molar-refractivity contribution >= 4 is 22.3 Å². The van der Waals surface area contributed by atoms with Gasteiger partial charge in [-0.05, 0) is 33.8 Å². The number of ketones is 1. The molecule has 0 spiro atoms. The summed E-state index contributed by atoms with van der Waals surface area (Å²) in [6.45, 7) is 11.8. The number of halogens is 1. The van der Waals surface area contributed by atoms with E-state index < -0.39 is 37.1 Å². The molecule has 0 aliphatic carbocycles. The second-order valence-corrected chi connectivity index (χ2v) is 10.2. The van der Waals surface area contributed by atoms with Gasteiger partial charge in [0, 0.05) is 49.8 Å². The van der Waals surface area contributed by atoms with Crippen LogP contribution in [0.2, 0.25) is 0 Å². The number of carbonyl (C=O) groups is 1. The number of Topliss-reactive ketones (excluding diaryl/α,β-unsaturated/α-hetero) is 1. The van der Waals surface area contributed by atoms with Crippen molar-refractivity contribution < 1.29 is 18.3 Å². The average Bonchev–Trinajstić information content (AvgIpc) is 2.45. The van der Waals surface area contributed by atoms with Crippen LogP contribution in [-0.2, 0) is 21.0 Å². The molecule has 0 heterocycles. The predicted molar refractivity (Wildman–Crippen MR) is 97.6 cm³/mol. The molecule has 0 unspecified atom stereocenters. The number of rotatable bonds is 6. The van der Waals surface area contributed by atoms with Crippen LogP contribution in [0.4, 0.5) is 10.1 Å². The van der Waals surface area contributed by atoms with Crippen LogP contribution in [0.15, 0.2) is 18.2 Å². The number of non-ortho nitro benzene ring substituents is 1. The first-order chi connectivity index (χ1) is 11.1. The Bertz CT molecular complexity index is 724. The topological polar surface area (TPSA) is 77.3 Å². The minimum Gasteiger partial charge on any atom is -0.299 e. The van der Waals surface area contributed by atoms with Crippen molar-refractivity contribution in [3.63, 3.8) is 0 Å². The third-order valence-corrected chi connectivity index (χ3v) is 7.32. The van der Waals surface area contributed by atoms with E-state index in [1.54, 1.807) is 41.5 Å². The van der Waals surface area contributed by atoms with Crippen LogP contribution in [0.25, 0.3) is 0 Å². The molecule has 1 aromatic carbocycles. The first-order valence-corrected chi connectivity index (χ1v) is 9.30. The summed E-state index contributed by atoms with van der Waals surface area (Å²) in [5.41, 5.74) is -2.46. The van der Waals surface area contributed by atoms with E-state index in [1.165, 1.54) is 6.92 Å². The van der Waals surface area contributed by atoms with Crippen LogP contribution >= 0.6 is 0 Å². The summed E-state index contributed by atoms with van der Waals surface area (Å²) in [5.74, 6) is -0.832. The summed E-state index contributed by atoms with van der Waals surface area (Å²) in [4.78, 5) is 22.8. The molecule has 0 fully saturated rings. The van der Waals surface area contributed by atoms with Gasteiger partial charge in [0.1, 0.15) is 11.6 Å². The van der Waals surface area contributed by atoms with Gasteiger partial charge in [0.25, 0.3) is 5.69 Å². The normalized spacial score (nSPS) is 16.2. The Balaban J connectivity index is 3.69. The minimum atomic E-state index is -1.38. The third-order valence-electron chi connectivity index (χ3n) is 5.12. The van der Waals surface area contributed by atoms with Crippen LogP contribution in [0.3, 0.4) is 0 Å². The maximum absolute atomic E-state index is 14.6. The zero-order valence-corrected chi connectivity index (χ0v) is 16.6. The van der Waals surface area contributed by atoms with Crippen molar-refractivity contribution in [2.45, 2.75) is 58.6 Å². The van der Waals surface area contributed by atoms with Gasteiger partial charge in [-0.1, -0.05) is 20.8 Å². The summed E-state index contributed by atoms with van der Waals surface area (Å²) in [5, 5.41) is 11.1. The lowest BCUT2D eigenvalue weighted by molar-refractivity contribution is -0.385. The number of nitro benzene ring substituents is 1. The van der Waals surface area contributed by atoms with Gasteiger partial charge in [-0.15, -0.1) is 0 Å². The summed E-state index contributed by atoms with van der Waals surface area (Å²) in [6.07, 6.45) is 0. The zero-order valence-electron chi connectivity index (χ0n) is 15.8. The first kappa shape index (κ1) is 21.4. The molecule has 5 nitrogen and oxygen atoms in total. The van der Waals surface area contributed by atoms with Crippen molar-refractivity contribution in [1.29, 1.82) is 0 Å². The largest absolute Gasteiger partial charge is 0.299 e. The molecule has 0 aliphatic rings. The standard InChI is InChI=1S/C18H26FNO4S/c1-12(21)17(5,6)18(7,11-25(24)16(2,3)4)14-10-13(20(22)23)8-9-15(14)19/h8-10H,11H2,1-7H3/t18-,25+/m1/s1. The number of benzene rings is 1. The Kier molecular flexibility index (Phi) is 5.94. The van der Waals surface area contributed by atoms with Gasteiger partial charge >= 0.3 is 0 Å². The van der Waals surface area contributed by atoms with E-state index in [2.05, 4.69) is 0 Å². The Morgan fingerprint density at radius 1 is 1.20 bits per heavy atom. The van der Waals surface area contributed by atoms with E-state index >= 15 is 0 Å². The Hall–Kier alpha value is -1.63. The molecule has 0 radical (unpaired) electrons. The van der Waals surface area contributed by atoms with Crippen LogP contribution in [-0.4, -0.2) is 25.4 Å². The molecule has 0 N–H and O–H groups in total. The molecule has 7 heteroatoms. The highest BCUT2D eigenvalue weighted by molar-refractivity contribution is 7.86. The van der Waals surface area contributed by atoms with Gasteiger partial charge in [-0.3, -0.25) is 19.1 Å². The van der Waals surface area contributed by atoms with Gasteiger partial charge in [-0.25, -0.2) is 4.39 Å². The summed E-state index contributed by atoms with van der Waals surface area (Å²) in [7, 11) is -1.38. The average molecular weight is 371 g/mol. The molecule has 0 saturated heterocycles. The molecule has 1 rings (SSSR count).